The molecule has 2 aromatic rings. The summed E-state index contributed by atoms with van der Waals surface area (Å²) in [7, 11) is 3.78. The molecule has 0 radical (unpaired) electrons. The first-order valence-electron chi connectivity index (χ1n) is 7.59. The van der Waals surface area contributed by atoms with E-state index < -0.39 is 0 Å². The fraction of sp³-hybridized carbons (Fsp3) is 0.222. The van der Waals surface area contributed by atoms with Crippen molar-refractivity contribution in [3.63, 3.8) is 0 Å². The molecular formula is C18H22BrIN4O. The molecule has 0 aromatic heterocycles. The number of amides is 1. The summed E-state index contributed by atoms with van der Waals surface area (Å²) in [6.45, 7) is 0.715. The lowest BCUT2D eigenvalue weighted by molar-refractivity contribution is -0.115. The fourth-order valence-corrected chi connectivity index (χ4v) is 2.44. The maximum absolute atomic E-state index is 12.1. The molecule has 0 fully saturated rings. The third-order valence-electron chi connectivity index (χ3n) is 3.19. The van der Waals surface area contributed by atoms with Gasteiger partial charge in [-0.05, 0) is 23.8 Å². The second-order valence-electron chi connectivity index (χ2n) is 5.43. The molecule has 0 unspecified atom stereocenters. The van der Waals surface area contributed by atoms with Crippen LogP contribution in [0.25, 0.3) is 0 Å². The Bertz CT molecular complexity index is 707. The lowest BCUT2D eigenvalue weighted by atomic mass is 10.2. The Kier molecular flexibility index (Phi) is 9.51. The SMILES string of the molecule is CN(C)C(=NCc1ccccc1)NCC(=O)Nc1cccc(Br)c1.I. The highest BCUT2D eigenvalue weighted by Crippen LogP contribution is 2.15. The van der Waals surface area contributed by atoms with Crippen LogP contribution in [0, 0.1) is 0 Å². The summed E-state index contributed by atoms with van der Waals surface area (Å²) in [6.07, 6.45) is 0. The van der Waals surface area contributed by atoms with Crippen LogP contribution in [0.15, 0.2) is 64.1 Å². The number of rotatable bonds is 5. The molecule has 0 aliphatic carbocycles. The molecule has 0 bridgehead atoms. The number of hydrogen-bond acceptors (Lipinski definition) is 2. The molecule has 0 atom stereocenters. The van der Waals surface area contributed by atoms with Gasteiger partial charge in [0.2, 0.25) is 5.91 Å². The van der Waals surface area contributed by atoms with Gasteiger partial charge in [-0.3, -0.25) is 4.79 Å². The Morgan fingerprint density at radius 2 is 1.84 bits per heavy atom. The van der Waals surface area contributed by atoms with Gasteiger partial charge in [0.05, 0.1) is 13.1 Å². The van der Waals surface area contributed by atoms with Gasteiger partial charge in [0.15, 0.2) is 5.96 Å². The van der Waals surface area contributed by atoms with Crippen molar-refractivity contribution in [3.8, 4) is 0 Å². The summed E-state index contributed by atoms with van der Waals surface area (Å²) < 4.78 is 0.923. The van der Waals surface area contributed by atoms with E-state index in [4.69, 9.17) is 0 Å². The molecule has 5 nitrogen and oxygen atoms in total. The Balaban J connectivity index is 0.00000312. The van der Waals surface area contributed by atoms with Crippen LogP contribution < -0.4 is 10.6 Å². The largest absolute Gasteiger partial charge is 0.349 e. The lowest BCUT2D eigenvalue weighted by Crippen LogP contribution is -2.40. The predicted octanol–water partition coefficient (Wildman–Crippen LogP) is 3.71. The van der Waals surface area contributed by atoms with E-state index in [1.807, 2.05) is 73.6 Å². The van der Waals surface area contributed by atoms with E-state index in [0.29, 0.717) is 12.5 Å². The summed E-state index contributed by atoms with van der Waals surface area (Å²) in [5.74, 6) is 0.547. The fourth-order valence-electron chi connectivity index (χ4n) is 2.04. The zero-order valence-electron chi connectivity index (χ0n) is 14.2. The van der Waals surface area contributed by atoms with Gasteiger partial charge in [0.25, 0.3) is 0 Å². The van der Waals surface area contributed by atoms with Crippen LogP contribution in [0.5, 0.6) is 0 Å². The van der Waals surface area contributed by atoms with E-state index in [9.17, 15) is 4.79 Å². The van der Waals surface area contributed by atoms with Gasteiger partial charge < -0.3 is 15.5 Å². The summed E-state index contributed by atoms with van der Waals surface area (Å²) in [6, 6.07) is 17.5. The number of carbonyl (C=O) groups excluding carboxylic acids is 1. The number of carbonyl (C=O) groups is 1. The van der Waals surface area contributed by atoms with Crippen molar-refractivity contribution in [2.45, 2.75) is 6.54 Å². The smallest absolute Gasteiger partial charge is 0.243 e. The van der Waals surface area contributed by atoms with E-state index in [2.05, 4.69) is 31.6 Å². The summed E-state index contributed by atoms with van der Waals surface area (Å²) in [5.41, 5.74) is 1.88. The highest BCUT2D eigenvalue weighted by molar-refractivity contribution is 14.0. The number of guanidine groups is 1. The van der Waals surface area contributed by atoms with Crippen molar-refractivity contribution in [1.29, 1.82) is 0 Å². The maximum Gasteiger partial charge on any atom is 0.243 e. The van der Waals surface area contributed by atoms with Crippen molar-refractivity contribution in [2.24, 2.45) is 4.99 Å². The normalized spacial score (nSPS) is 10.6. The topological polar surface area (TPSA) is 56.7 Å². The number of hydrogen-bond donors (Lipinski definition) is 2. The zero-order chi connectivity index (χ0) is 17.4. The van der Waals surface area contributed by atoms with Gasteiger partial charge in [0, 0.05) is 24.3 Å². The Hall–Kier alpha value is -1.61. The quantitative estimate of drug-likeness (QED) is 0.362. The van der Waals surface area contributed by atoms with Crippen molar-refractivity contribution in [1.82, 2.24) is 10.2 Å². The molecule has 0 heterocycles. The van der Waals surface area contributed by atoms with Crippen LogP contribution >= 0.6 is 39.9 Å². The van der Waals surface area contributed by atoms with Gasteiger partial charge in [-0.1, -0.05) is 52.3 Å². The van der Waals surface area contributed by atoms with Crippen molar-refractivity contribution in [3.05, 3.63) is 64.6 Å². The summed E-state index contributed by atoms with van der Waals surface area (Å²) in [5, 5.41) is 5.92. The second kappa shape index (κ2) is 11.1. The Labute approximate surface area is 174 Å². The highest BCUT2D eigenvalue weighted by atomic mass is 127. The summed E-state index contributed by atoms with van der Waals surface area (Å²) >= 11 is 3.38. The molecule has 2 aromatic carbocycles. The molecule has 2 rings (SSSR count). The van der Waals surface area contributed by atoms with Crippen molar-refractivity contribution >= 4 is 57.5 Å². The number of nitrogens with zero attached hydrogens (tertiary/aromatic N) is 2. The number of halogens is 2. The molecule has 134 valence electrons. The molecule has 1 amide bonds. The van der Waals surface area contributed by atoms with E-state index in [1.54, 1.807) is 0 Å². The minimum absolute atomic E-state index is 0. The monoisotopic (exact) mass is 516 g/mol. The number of nitrogens with one attached hydrogen (secondary N) is 2. The molecule has 0 saturated carbocycles. The lowest BCUT2D eigenvalue weighted by Gasteiger charge is -2.17. The summed E-state index contributed by atoms with van der Waals surface area (Å²) in [4.78, 5) is 18.4. The van der Waals surface area contributed by atoms with E-state index in [-0.39, 0.29) is 36.4 Å². The molecule has 0 saturated heterocycles. The molecule has 0 spiro atoms. The van der Waals surface area contributed by atoms with Crippen molar-refractivity contribution < 1.29 is 4.79 Å². The minimum Gasteiger partial charge on any atom is -0.349 e. The second-order valence-corrected chi connectivity index (χ2v) is 6.35. The first kappa shape index (κ1) is 21.4. The van der Waals surface area contributed by atoms with Crippen LogP contribution in [0.3, 0.4) is 0 Å². The predicted molar refractivity (Wildman–Crippen MR) is 117 cm³/mol. The maximum atomic E-state index is 12.1. The third kappa shape index (κ3) is 7.87. The molecule has 0 aliphatic rings. The van der Waals surface area contributed by atoms with Crippen LogP contribution in [0.2, 0.25) is 0 Å². The minimum atomic E-state index is -0.123. The zero-order valence-corrected chi connectivity index (χ0v) is 18.1. The van der Waals surface area contributed by atoms with E-state index in [1.165, 1.54) is 0 Å². The molecule has 2 N–H and O–H groups in total. The van der Waals surface area contributed by atoms with Crippen LogP contribution in [0.4, 0.5) is 5.69 Å². The third-order valence-corrected chi connectivity index (χ3v) is 3.69. The standard InChI is InChI=1S/C18H21BrN4O.HI/c1-23(2)18(20-12-14-7-4-3-5-8-14)21-13-17(24)22-16-10-6-9-15(19)11-16;/h3-11H,12-13H2,1-2H3,(H,20,21)(H,22,24);1H. The van der Waals surface area contributed by atoms with Crippen LogP contribution in [0.1, 0.15) is 5.56 Å². The molecule has 7 heteroatoms. The van der Waals surface area contributed by atoms with Gasteiger partial charge in [-0.2, -0.15) is 0 Å². The average molecular weight is 517 g/mol. The number of aliphatic imine (C=N–C) groups is 1. The molecule has 0 aliphatic heterocycles. The van der Waals surface area contributed by atoms with Gasteiger partial charge >= 0.3 is 0 Å². The Morgan fingerprint density at radius 1 is 1.12 bits per heavy atom. The van der Waals surface area contributed by atoms with E-state index in [0.717, 1.165) is 15.7 Å². The molecule has 25 heavy (non-hydrogen) atoms. The van der Waals surface area contributed by atoms with Gasteiger partial charge in [-0.25, -0.2) is 4.99 Å². The van der Waals surface area contributed by atoms with Crippen LogP contribution in [-0.2, 0) is 11.3 Å². The first-order valence-corrected chi connectivity index (χ1v) is 8.39. The Morgan fingerprint density at radius 3 is 2.48 bits per heavy atom. The number of benzene rings is 2. The van der Waals surface area contributed by atoms with E-state index >= 15 is 0 Å². The average Bonchev–Trinajstić information content (AvgIpc) is 2.55. The van der Waals surface area contributed by atoms with Crippen LogP contribution in [-0.4, -0.2) is 37.4 Å². The molecular weight excluding hydrogens is 495 g/mol. The number of anilines is 1. The van der Waals surface area contributed by atoms with Gasteiger partial charge in [0.1, 0.15) is 0 Å². The van der Waals surface area contributed by atoms with Crippen molar-refractivity contribution in [2.75, 3.05) is 26.0 Å². The van der Waals surface area contributed by atoms with Gasteiger partial charge in [-0.15, -0.1) is 24.0 Å². The first-order chi connectivity index (χ1) is 11.5. The highest BCUT2D eigenvalue weighted by Gasteiger charge is 2.06.